The second kappa shape index (κ2) is 5.60. The number of Topliss-reactive ketones (excluding diaryl/α,β-unsaturated/α-hetero) is 1. The molecule has 0 radical (unpaired) electrons. The second-order valence-electron chi connectivity index (χ2n) is 6.41. The van der Waals surface area contributed by atoms with E-state index in [0.29, 0.717) is 0 Å². The van der Waals surface area contributed by atoms with Crippen LogP contribution in [0.3, 0.4) is 0 Å². The maximum Gasteiger partial charge on any atom is 0.179 e. The van der Waals surface area contributed by atoms with Crippen LogP contribution in [-0.2, 0) is 0 Å². The highest BCUT2D eigenvalue weighted by atomic mass is 19.2. The van der Waals surface area contributed by atoms with E-state index in [0.717, 1.165) is 38.1 Å². The van der Waals surface area contributed by atoms with E-state index in [1.165, 1.54) is 6.07 Å². The smallest absolute Gasteiger partial charge is 0.179 e. The fraction of sp³-hybridized carbons (Fsp3) is 0.562. The second-order valence-corrected chi connectivity index (χ2v) is 6.41. The van der Waals surface area contributed by atoms with Crippen LogP contribution in [0.2, 0.25) is 0 Å². The summed E-state index contributed by atoms with van der Waals surface area (Å²) in [6.07, 6.45) is 2.21. The van der Waals surface area contributed by atoms with Crippen molar-refractivity contribution < 1.29 is 13.6 Å². The van der Waals surface area contributed by atoms with Gasteiger partial charge in [0.25, 0.3) is 0 Å². The first kappa shape index (κ1) is 15.1. The number of hydrogen-bond acceptors (Lipinski definition) is 2. The first-order valence-electron chi connectivity index (χ1n) is 7.03. The van der Waals surface area contributed by atoms with E-state index in [1.54, 1.807) is 0 Å². The van der Waals surface area contributed by atoms with Crippen molar-refractivity contribution >= 4 is 5.78 Å². The van der Waals surface area contributed by atoms with Gasteiger partial charge in [-0.05, 0) is 49.9 Å². The molecule has 0 saturated carbocycles. The number of halogens is 2. The minimum absolute atomic E-state index is 0.151. The molecule has 2 rings (SSSR count). The number of carbonyl (C=O) groups is 1. The summed E-state index contributed by atoms with van der Waals surface area (Å²) < 4.78 is 26.2. The lowest BCUT2D eigenvalue weighted by molar-refractivity contribution is 0.0626. The van der Waals surface area contributed by atoms with Gasteiger partial charge >= 0.3 is 0 Å². The van der Waals surface area contributed by atoms with Crippen molar-refractivity contribution in [3.05, 3.63) is 35.4 Å². The summed E-state index contributed by atoms with van der Waals surface area (Å²) in [7, 11) is 0. The molecule has 2 nitrogen and oxygen atoms in total. The lowest BCUT2D eigenvalue weighted by Gasteiger charge is -2.40. The number of hydrogen-bond donors (Lipinski definition) is 0. The fourth-order valence-corrected chi connectivity index (χ4v) is 2.86. The molecule has 0 N–H and O–H groups in total. The van der Waals surface area contributed by atoms with Gasteiger partial charge in [0.2, 0.25) is 0 Å². The van der Waals surface area contributed by atoms with E-state index in [4.69, 9.17) is 0 Å². The Labute approximate surface area is 118 Å². The molecule has 0 aromatic heterocycles. The van der Waals surface area contributed by atoms with Gasteiger partial charge in [0.15, 0.2) is 17.4 Å². The number of benzene rings is 1. The zero-order valence-corrected chi connectivity index (χ0v) is 12.2. The standard InChI is InChI=1S/C16H21F2NO/c1-11(19-8-4-7-16(2,3)10-19)15(20)12-5-6-13(17)14(18)9-12/h5-6,9,11H,4,7-8,10H2,1-3H3. The van der Waals surface area contributed by atoms with Gasteiger partial charge < -0.3 is 0 Å². The molecule has 0 aliphatic carbocycles. The van der Waals surface area contributed by atoms with Crippen molar-refractivity contribution in [3.63, 3.8) is 0 Å². The molecular weight excluding hydrogens is 260 g/mol. The number of rotatable bonds is 3. The van der Waals surface area contributed by atoms with Crippen molar-refractivity contribution in [1.82, 2.24) is 4.90 Å². The average molecular weight is 281 g/mol. The van der Waals surface area contributed by atoms with Crippen molar-refractivity contribution in [3.8, 4) is 0 Å². The summed E-state index contributed by atoms with van der Waals surface area (Å²) in [6, 6.07) is 3.05. The number of ketones is 1. The van der Waals surface area contributed by atoms with Crippen LogP contribution in [-0.4, -0.2) is 29.8 Å². The molecule has 1 unspecified atom stereocenters. The molecule has 0 spiro atoms. The summed E-state index contributed by atoms with van der Waals surface area (Å²) in [4.78, 5) is 14.5. The van der Waals surface area contributed by atoms with Gasteiger partial charge in [0.1, 0.15) is 0 Å². The van der Waals surface area contributed by atoms with E-state index < -0.39 is 11.6 Å². The molecule has 1 aliphatic heterocycles. The predicted octanol–water partition coefficient (Wildman–Crippen LogP) is 3.66. The molecule has 1 saturated heterocycles. The molecular formula is C16H21F2NO. The number of piperidine rings is 1. The summed E-state index contributed by atoms with van der Waals surface area (Å²) in [5.41, 5.74) is 0.431. The maximum absolute atomic E-state index is 13.2. The molecule has 0 bridgehead atoms. The van der Waals surface area contributed by atoms with Gasteiger partial charge in [0.05, 0.1) is 6.04 Å². The van der Waals surface area contributed by atoms with Gasteiger partial charge in [-0.25, -0.2) is 8.78 Å². The molecule has 1 aliphatic rings. The van der Waals surface area contributed by atoms with Crippen LogP contribution < -0.4 is 0 Å². The van der Waals surface area contributed by atoms with Crippen LogP contribution in [0, 0.1) is 17.0 Å². The Balaban J connectivity index is 2.13. The van der Waals surface area contributed by atoms with Crippen molar-refractivity contribution in [2.45, 2.75) is 39.7 Å². The first-order chi connectivity index (χ1) is 9.30. The van der Waals surface area contributed by atoms with E-state index in [-0.39, 0.29) is 22.8 Å². The van der Waals surface area contributed by atoms with E-state index >= 15 is 0 Å². The van der Waals surface area contributed by atoms with E-state index in [9.17, 15) is 13.6 Å². The fourth-order valence-electron chi connectivity index (χ4n) is 2.86. The van der Waals surface area contributed by atoms with Crippen LogP contribution in [0.4, 0.5) is 8.78 Å². The van der Waals surface area contributed by atoms with Crippen LogP contribution in [0.25, 0.3) is 0 Å². The van der Waals surface area contributed by atoms with Crippen LogP contribution in [0.1, 0.15) is 44.0 Å². The van der Waals surface area contributed by atoms with Gasteiger partial charge in [-0.15, -0.1) is 0 Å². The highest BCUT2D eigenvalue weighted by Gasteiger charge is 2.31. The SMILES string of the molecule is CC(C(=O)c1ccc(F)c(F)c1)N1CCCC(C)(C)C1. The lowest BCUT2D eigenvalue weighted by atomic mass is 9.83. The third kappa shape index (κ3) is 3.23. The van der Waals surface area contributed by atoms with Crippen LogP contribution >= 0.6 is 0 Å². The van der Waals surface area contributed by atoms with E-state index in [2.05, 4.69) is 18.7 Å². The zero-order chi connectivity index (χ0) is 14.9. The minimum atomic E-state index is -0.970. The van der Waals surface area contributed by atoms with Gasteiger partial charge in [0, 0.05) is 12.1 Å². The molecule has 1 aromatic carbocycles. The summed E-state index contributed by atoms with van der Waals surface area (Å²) >= 11 is 0. The van der Waals surface area contributed by atoms with Gasteiger partial charge in [-0.2, -0.15) is 0 Å². The Morgan fingerprint density at radius 2 is 2.00 bits per heavy atom. The van der Waals surface area contributed by atoms with Crippen molar-refractivity contribution in [1.29, 1.82) is 0 Å². The van der Waals surface area contributed by atoms with Gasteiger partial charge in [-0.3, -0.25) is 9.69 Å². The first-order valence-corrected chi connectivity index (χ1v) is 7.03. The van der Waals surface area contributed by atoms with E-state index in [1.807, 2.05) is 6.92 Å². The predicted molar refractivity (Wildman–Crippen MR) is 74.7 cm³/mol. The Hall–Kier alpha value is -1.29. The van der Waals surface area contributed by atoms with Crippen molar-refractivity contribution in [2.75, 3.05) is 13.1 Å². The highest BCUT2D eigenvalue weighted by molar-refractivity contribution is 5.99. The molecule has 1 heterocycles. The summed E-state index contributed by atoms with van der Waals surface area (Å²) in [5.74, 6) is -2.04. The van der Waals surface area contributed by atoms with Crippen LogP contribution in [0.15, 0.2) is 18.2 Å². The molecule has 0 amide bonds. The largest absolute Gasteiger partial charge is 0.293 e. The van der Waals surface area contributed by atoms with Gasteiger partial charge in [-0.1, -0.05) is 13.8 Å². The molecule has 110 valence electrons. The molecule has 1 atom stereocenters. The average Bonchev–Trinajstić information content (AvgIpc) is 2.39. The Kier molecular flexibility index (Phi) is 4.23. The highest BCUT2D eigenvalue weighted by Crippen LogP contribution is 2.30. The third-order valence-corrected chi connectivity index (χ3v) is 4.06. The number of likely N-dealkylation sites (tertiary alicyclic amines) is 1. The third-order valence-electron chi connectivity index (χ3n) is 4.06. The zero-order valence-electron chi connectivity index (χ0n) is 12.2. The molecule has 1 fully saturated rings. The summed E-state index contributed by atoms with van der Waals surface area (Å²) in [5, 5.41) is 0. The Bertz CT molecular complexity index is 513. The van der Waals surface area contributed by atoms with Crippen LogP contribution in [0.5, 0.6) is 0 Å². The number of nitrogens with zero attached hydrogens (tertiary/aromatic N) is 1. The quantitative estimate of drug-likeness (QED) is 0.788. The Morgan fingerprint density at radius 3 is 2.60 bits per heavy atom. The topological polar surface area (TPSA) is 20.3 Å². The Morgan fingerprint density at radius 1 is 1.30 bits per heavy atom. The van der Waals surface area contributed by atoms with Crippen molar-refractivity contribution in [2.24, 2.45) is 5.41 Å². The normalized spacial score (nSPS) is 20.6. The molecule has 20 heavy (non-hydrogen) atoms. The molecule has 1 aromatic rings. The maximum atomic E-state index is 13.2. The minimum Gasteiger partial charge on any atom is -0.293 e. The number of carbonyl (C=O) groups excluding carboxylic acids is 1. The molecule has 4 heteroatoms. The summed E-state index contributed by atoms with van der Waals surface area (Å²) in [6.45, 7) is 7.94. The lowest BCUT2D eigenvalue weighted by Crippen LogP contribution is -2.47. The monoisotopic (exact) mass is 281 g/mol.